The van der Waals surface area contributed by atoms with Crippen molar-refractivity contribution >= 4 is 27.6 Å². The number of carbonyl (C=O) groups excluding carboxylic acids is 2. The number of likely N-dealkylation sites (tertiary alicyclic amines) is 1. The molecule has 0 spiro atoms. The average Bonchev–Trinajstić information content (AvgIpc) is 3.09. The number of carbonyl (C=O) groups is 2. The van der Waals surface area contributed by atoms with Crippen LogP contribution >= 0.6 is 15.9 Å². The molecule has 3 rings (SSSR count). The van der Waals surface area contributed by atoms with Gasteiger partial charge in [-0.05, 0) is 59.8 Å². The monoisotopic (exact) mass is 351 g/mol. The molecule has 2 unspecified atom stereocenters. The van der Waals surface area contributed by atoms with Crippen LogP contribution in [-0.2, 0) is 4.79 Å². The Kier molecular flexibility index (Phi) is 4.02. The number of benzene rings is 1. The Morgan fingerprint density at radius 3 is 2.76 bits per heavy atom. The minimum absolute atomic E-state index is 0.0143. The molecule has 2 atom stereocenters. The maximum Gasteiger partial charge on any atom is 0.254 e. The van der Waals surface area contributed by atoms with Gasteiger partial charge in [-0.25, -0.2) is 0 Å². The quantitative estimate of drug-likeness (QED) is 0.890. The van der Waals surface area contributed by atoms with E-state index in [0.717, 1.165) is 25.7 Å². The Labute approximate surface area is 132 Å². The van der Waals surface area contributed by atoms with Crippen LogP contribution in [0.1, 0.15) is 42.5 Å². The molecule has 1 saturated heterocycles. The number of phenols is 1. The van der Waals surface area contributed by atoms with Gasteiger partial charge >= 0.3 is 0 Å². The molecule has 2 aliphatic rings. The van der Waals surface area contributed by atoms with Crippen LogP contribution in [0, 0.1) is 5.92 Å². The number of hydrogen-bond donors (Lipinski definition) is 1. The van der Waals surface area contributed by atoms with Crippen LogP contribution < -0.4 is 0 Å². The number of amides is 1. The zero-order valence-corrected chi connectivity index (χ0v) is 13.3. The van der Waals surface area contributed by atoms with Gasteiger partial charge in [0.2, 0.25) is 0 Å². The first kappa shape index (κ1) is 14.6. The summed E-state index contributed by atoms with van der Waals surface area (Å²) in [6, 6.07) is 4.91. The van der Waals surface area contributed by atoms with Crippen LogP contribution in [0.25, 0.3) is 0 Å². The van der Waals surface area contributed by atoms with Gasteiger partial charge in [0, 0.05) is 30.5 Å². The third kappa shape index (κ3) is 2.71. The summed E-state index contributed by atoms with van der Waals surface area (Å²) >= 11 is 3.22. The lowest BCUT2D eigenvalue weighted by Crippen LogP contribution is -2.41. The third-order valence-electron chi connectivity index (χ3n) is 4.57. The maximum absolute atomic E-state index is 12.7. The van der Waals surface area contributed by atoms with Gasteiger partial charge in [-0.2, -0.15) is 0 Å². The zero-order chi connectivity index (χ0) is 15.0. The first-order valence-electron chi connectivity index (χ1n) is 7.40. The molecule has 0 radical (unpaired) electrons. The van der Waals surface area contributed by atoms with Crippen molar-refractivity contribution in [2.24, 2.45) is 5.92 Å². The van der Waals surface area contributed by atoms with Gasteiger partial charge in [0.25, 0.3) is 5.91 Å². The number of hydrogen-bond acceptors (Lipinski definition) is 3. The standard InChI is InChI=1S/C16H18BrNO3/c17-12-7-6-10(9-15(12)20)16(21)18-8-2-4-13(18)11-3-1-5-14(11)19/h6-7,9,11,13,20H,1-5,8H2. The molecule has 1 aromatic carbocycles. The van der Waals surface area contributed by atoms with Crippen molar-refractivity contribution in [2.45, 2.75) is 38.1 Å². The van der Waals surface area contributed by atoms with Crippen molar-refractivity contribution in [1.29, 1.82) is 0 Å². The highest BCUT2D eigenvalue weighted by Gasteiger charge is 2.40. The summed E-state index contributed by atoms with van der Waals surface area (Å²) in [6.45, 7) is 0.699. The third-order valence-corrected chi connectivity index (χ3v) is 5.24. The minimum atomic E-state index is -0.0833. The first-order valence-corrected chi connectivity index (χ1v) is 8.19. The molecule has 112 valence electrons. The second-order valence-corrected chi connectivity index (χ2v) is 6.69. The van der Waals surface area contributed by atoms with Gasteiger partial charge in [-0.3, -0.25) is 9.59 Å². The van der Waals surface area contributed by atoms with Crippen molar-refractivity contribution in [3.05, 3.63) is 28.2 Å². The van der Waals surface area contributed by atoms with Crippen molar-refractivity contribution < 1.29 is 14.7 Å². The lowest BCUT2D eigenvalue weighted by atomic mass is 9.94. The van der Waals surface area contributed by atoms with Gasteiger partial charge in [-0.15, -0.1) is 0 Å². The fraction of sp³-hybridized carbons (Fsp3) is 0.500. The number of halogens is 1. The molecule has 2 fully saturated rings. The first-order chi connectivity index (χ1) is 10.1. The molecular formula is C16H18BrNO3. The predicted molar refractivity (Wildman–Crippen MR) is 82.2 cm³/mol. The van der Waals surface area contributed by atoms with Gasteiger partial charge in [0.15, 0.2) is 0 Å². The van der Waals surface area contributed by atoms with Crippen LogP contribution in [0.5, 0.6) is 5.75 Å². The summed E-state index contributed by atoms with van der Waals surface area (Å²) in [5.74, 6) is 0.299. The van der Waals surface area contributed by atoms with Crippen molar-refractivity contribution in [3.8, 4) is 5.75 Å². The second-order valence-electron chi connectivity index (χ2n) is 5.84. The topological polar surface area (TPSA) is 57.6 Å². The molecule has 1 heterocycles. The van der Waals surface area contributed by atoms with Gasteiger partial charge in [-0.1, -0.05) is 0 Å². The molecule has 5 heteroatoms. The summed E-state index contributed by atoms with van der Waals surface area (Å²) < 4.78 is 0.572. The smallest absolute Gasteiger partial charge is 0.254 e. The van der Waals surface area contributed by atoms with Gasteiger partial charge in [0.1, 0.15) is 11.5 Å². The van der Waals surface area contributed by atoms with E-state index < -0.39 is 0 Å². The maximum atomic E-state index is 12.7. The Hall–Kier alpha value is -1.36. The summed E-state index contributed by atoms with van der Waals surface area (Å²) in [5.41, 5.74) is 0.480. The molecule has 0 aromatic heterocycles. The molecule has 1 N–H and O–H groups in total. The summed E-state index contributed by atoms with van der Waals surface area (Å²) in [7, 11) is 0. The molecule has 4 nitrogen and oxygen atoms in total. The average molecular weight is 352 g/mol. The number of nitrogens with zero attached hydrogens (tertiary/aromatic N) is 1. The number of ketones is 1. The second kappa shape index (κ2) is 5.79. The Bertz CT molecular complexity index is 587. The van der Waals surface area contributed by atoms with E-state index in [4.69, 9.17) is 0 Å². The van der Waals surface area contributed by atoms with Crippen LogP contribution in [0.4, 0.5) is 0 Å². The number of aromatic hydroxyl groups is 1. The number of phenolic OH excluding ortho intramolecular Hbond substituents is 1. The summed E-state index contributed by atoms with van der Waals surface area (Å²) in [6.07, 6.45) is 4.36. The highest BCUT2D eigenvalue weighted by molar-refractivity contribution is 9.10. The van der Waals surface area contributed by atoms with Crippen molar-refractivity contribution in [1.82, 2.24) is 4.90 Å². The molecule has 0 bridgehead atoms. The largest absolute Gasteiger partial charge is 0.507 e. The summed E-state index contributed by atoms with van der Waals surface area (Å²) in [5, 5.41) is 9.74. The van der Waals surface area contributed by atoms with E-state index >= 15 is 0 Å². The number of Topliss-reactive ketones (excluding diaryl/α,β-unsaturated/α-hetero) is 1. The SMILES string of the molecule is O=C1CCCC1C1CCCN1C(=O)c1ccc(Br)c(O)c1. The fourth-order valence-corrected chi connectivity index (χ4v) is 3.77. The molecule has 21 heavy (non-hydrogen) atoms. The van der Waals surface area contributed by atoms with Crippen molar-refractivity contribution in [3.63, 3.8) is 0 Å². The Morgan fingerprint density at radius 2 is 2.10 bits per heavy atom. The molecule has 1 amide bonds. The van der Waals surface area contributed by atoms with E-state index in [9.17, 15) is 14.7 Å². The minimum Gasteiger partial charge on any atom is -0.507 e. The molecule has 1 aliphatic heterocycles. The van der Waals surface area contributed by atoms with Crippen LogP contribution in [0.3, 0.4) is 0 Å². The highest BCUT2D eigenvalue weighted by atomic mass is 79.9. The molecule has 1 saturated carbocycles. The van der Waals surface area contributed by atoms with Crippen molar-refractivity contribution in [2.75, 3.05) is 6.54 Å². The lowest BCUT2D eigenvalue weighted by molar-refractivity contribution is -0.121. The van der Waals surface area contributed by atoms with Crippen LogP contribution in [0.15, 0.2) is 22.7 Å². The highest BCUT2D eigenvalue weighted by Crippen LogP contribution is 2.34. The number of rotatable bonds is 2. The molecular weight excluding hydrogens is 334 g/mol. The Balaban J connectivity index is 1.82. The van der Waals surface area contributed by atoms with Gasteiger partial charge in [0.05, 0.1) is 4.47 Å². The van der Waals surface area contributed by atoms with E-state index in [0.29, 0.717) is 28.8 Å². The molecule has 1 aromatic rings. The summed E-state index contributed by atoms with van der Waals surface area (Å²) in [4.78, 5) is 26.5. The van der Waals surface area contributed by atoms with Crippen LogP contribution in [0.2, 0.25) is 0 Å². The Morgan fingerprint density at radius 1 is 1.29 bits per heavy atom. The van der Waals surface area contributed by atoms with E-state index in [-0.39, 0.29) is 23.6 Å². The predicted octanol–water partition coefficient (Wildman–Crippen LogP) is 3.13. The van der Waals surface area contributed by atoms with E-state index in [1.807, 2.05) is 4.90 Å². The van der Waals surface area contributed by atoms with E-state index in [1.54, 1.807) is 12.1 Å². The van der Waals surface area contributed by atoms with Gasteiger partial charge < -0.3 is 10.0 Å². The molecule has 1 aliphatic carbocycles. The zero-order valence-electron chi connectivity index (χ0n) is 11.7. The van der Waals surface area contributed by atoms with Crippen LogP contribution in [-0.4, -0.2) is 34.3 Å². The van der Waals surface area contributed by atoms with E-state index in [1.165, 1.54) is 6.07 Å². The van der Waals surface area contributed by atoms with E-state index in [2.05, 4.69) is 15.9 Å². The lowest BCUT2D eigenvalue weighted by Gasteiger charge is -2.28. The fourth-order valence-electron chi connectivity index (χ4n) is 3.52. The normalized spacial score (nSPS) is 25.6.